The zero-order valence-electron chi connectivity index (χ0n) is 18.0. The number of alkyl halides is 3. The molecule has 0 aliphatic rings. The lowest BCUT2D eigenvalue weighted by molar-refractivity contribution is -0.274. The molecular weight excluding hydrogens is 487 g/mol. The topological polar surface area (TPSA) is 91.2 Å². The molecule has 4 aromatic rings. The molecule has 0 aliphatic heterocycles. The van der Waals surface area contributed by atoms with Gasteiger partial charge in [-0.05, 0) is 61.5 Å². The van der Waals surface area contributed by atoms with Crippen molar-refractivity contribution in [3.05, 3.63) is 83.9 Å². The van der Waals surface area contributed by atoms with Crippen molar-refractivity contribution in [1.82, 2.24) is 19.7 Å². The molecule has 0 bridgehead atoms. The van der Waals surface area contributed by atoms with E-state index in [1.54, 1.807) is 43.3 Å². The summed E-state index contributed by atoms with van der Waals surface area (Å²) < 4.78 is 47.6. The fourth-order valence-corrected chi connectivity index (χ4v) is 3.14. The Labute approximate surface area is 202 Å². The Morgan fingerprint density at radius 3 is 2.37 bits per heavy atom. The van der Waals surface area contributed by atoms with Crippen LogP contribution in [0, 0.1) is 0 Å². The highest BCUT2D eigenvalue weighted by molar-refractivity contribution is 6.29. The van der Waals surface area contributed by atoms with E-state index >= 15 is 0 Å². The molecule has 0 radical (unpaired) electrons. The minimum absolute atomic E-state index is 0.331. The van der Waals surface area contributed by atoms with Crippen LogP contribution in [0.3, 0.4) is 0 Å². The van der Waals surface area contributed by atoms with Crippen LogP contribution in [-0.2, 0) is 4.74 Å². The maximum absolute atomic E-state index is 12.3. The second-order valence-corrected chi connectivity index (χ2v) is 7.61. The van der Waals surface area contributed by atoms with Crippen LogP contribution >= 0.6 is 11.6 Å². The molecule has 2 heterocycles. The molecule has 0 aliphatic carbocycles. The average molecular weight is 504 g/mol. The molecule has 1 amide bonds. The summed E-state index contributed by atoms with van der Waals surface area (Å²) in [5.41, 5.74) is 2.37. The SMILES string of the molecule is CC(OC(=O)Nc1ccc(-c2ncn(-c3ccc(OC(F)(F)F)cc3)n2)cc1)c1ccc(Cl)nc1. The van der Waals surface area contributed by atoms with Crippen molar-refractivity contribution in [3.8, 4) is 22.8 Å². The molecule has 180 valence electrons. The van der Waals surface area contributed by atoms with E-state index in [0.29, 0.717) is 33.5 Å². The Bertz CT molecular complexity index is 1290. The van der Waals surface area contributed by atoms with Crippen molar-refractivity contribution in [2.24, 2.45) is 0 Å². The standard InChI is InChI=1S/C23H17ClF3N5O3/c1-14(16-4-11-20(24)28-12-16)34-22(33)30-17-5-2-15(3-6-17)21-29-13-32(31-21)18-7-9-19(10-8-18)35-23(25,26)27/h2-14H,1H3,(H,30,33). The molecule has 1 N–H and O–H groups in total. The Balaban J connectivity index is 1.37. The molecule has 1 unspecified atom stereocenters. The van der Waals surface area contributed by atoms with Gasteiger partial charge in [-0.25, -0.2) is 19.4 Å². The van der Waals surface area contributed by atoms with E-state index < -0.39 is 18.6 Å². The summed E-state index contributed by atoms with van der Waals surface area (Å²) in [6.07, 6.45) is -2.95. The van der Waals surface area contributed by atoms with Crippen molar-refractivity contribution in [1.29, 1.82) is 0 Å². The predicted molar refractivity (Wildman–Crippen MR) is 121 cm³/mol. The monoisotopic (exact) mass is 503 g/mol. The number of nitrogens with zero attached hydrogens (tertiary/aromatic N) is 4. The van der Waals surface area contributed by atoms with E-state index in [1.165, 1.54) is 41.5 Å². The third kappa shape index (κ3) is 6.48. The van der Waals surface area contributed by atoms with Gasteiger partial charge in [0.25, 0.3) is 0 Å². The number of carbonyl (C=O) groups is 1. The summed E-state index contributed by atoms with van der Waals surface area (Å²) in [6.45, 7) is 1.71. The first kappa shape index (κ1) is 24.0. The first-order valence-corrected chi connectivity index (χ1v) is 10.5. The Hall–Kier alpha value is -4.12. The zero-order chi connectivity index (χ0) is 25.0. The quantitative estimate of drug-likeness (QED) is 0.315. The van der Waals surface area contributed by atoms with Crippen LogP contribution in [0.1, 0.15) is 18.6 Å². The van der Waals surface area contributed by atoms with E-state index in [4.69, 9.17) is 16.3 Å². The van der Waals surface area contributed by atoms with Gasteiger partial charge in [0.1, 0.15) is 23.3 Å². The van der Waals surface area contributed by atoms with Crippen molar-refractivity contribution in [2.45, 2.75) is 19.4 Å². The maximum atomic E-state index is 12.3. The van der Waals surface area contributed by atoms with Crippen LogP contribution in [0.15, 0.2) is 73.2 Å². The minimum Gasteiger partial charge on any atom is -0.441 e. The van der Waals surface area contributed by atoms with Gasteiger partial charge in [-0.3, -0.25) is 5.32 Å². The van der Waals surface area contributed by atoms with Gasteiger partial charge in [0.05, 0.1) is 5.69 Å². The van der Waals surface area contributed by atoms with Crippen LogP contribution in [0.5, 0.6) is 5.75 Å². The van der Waals surface area contributed by atoms with Gasteiger partial charge in [-0.2, -0.15) is 0 Å². The zero-order valence-corrected chi connectivity index (χ0v) is 18.8. The largest absolute Gasteiger partial charge is 0.573 e. The highest BCUT2D eigenvalue weighted by atomic mass is 35.5. The number of pyridine rings is 1. The van der Waals surface area contributed by atoms with Crippen LogP contribution in [0.4, 0.5) is 23.7 Å². The molecule has 0 fully saturated rings. The highest BCUT2D eigenvalue weighted by Crippen LogP contribution is 2.24. The number of nitrogens with one attached hydrogen (secondary N) is 1. The van der Waals surface area contributed by atoms with Gasteiger partial charge in [0.15, 0.2) is 5.82 Å². The second kappa shape index (κ2) is 10.0. The number of hydrogen-bond donors (Lipinski definition) is 1. The van der Waals surface area contributed by atoms with E-state index in [0.717, 1.165) is 0 Å². The number of rotatable bonds is 6. The van der Waals surface area contributed by atoms with E-state index in [9.17, 15) is 18.0 Å². The lowest BCUT2D eigenvalue weighted by atomic mass is 10.2. The maximum Gasteiger partial charge on any atom is 0.573 e. The van der Waals surface area contributed by atoms with Crippen LogP contribution in [0.25, 0.3) is 17.1 Å². The average Bonchev–Trinajstić information content (AvgIpc) is 3.29. The minimum atomic E-state index is -4.76. The molecule has 0 spiro atoms. The summed E-state index contributed by atoms with van der Waals surface area (Å²) in [5, 5.41) is 7.32. The summed E-state index contributed by atoms with van der Waals surface area (Å²) in [4.78, 5) is 20.4. The highest BCUT2D eigenvalue weighted by Gasteiger charge is 2.31. The Morgan fingerprint density at radius 2 is 1.74 bits per heavy atom. The molecular formula is C23H17ClF3N5O3. The fraction of sp³-hybridized carbons (Fsp3) is 0.130. The van der Waals surface area contributed by atoms with Crippen LogP contribution in [-0.4, -0.2) is 32.2 Å². The normalized spacial score (nSPS) is 12.1. The number of benzene rings is 2. The molecule has 0 saturated heterocycles. The van der Waals surface area contributed by atoms with Gasteiger partial charge in [0, 0.05) is 23.0 Å². The molecule has 1 atom stereocenters. The van der Waals surface area contributed by atoms with Crippen LogP contribution in [0.2, 0.25) is 5.15 Å². The molecule has 35 heavy (non-hydrogen) atoms. The van der Waals surface area contributed by atoms with Gasteiger partial charge in [0.2, 0.25) is 0 Å². The summed E-state index contributed by atoms with van der Waals surface area (Å²) >= 11 is 5.76. The molecule has 8 nitrogen and oxygen atoms in total. The number of amides is 1. The number of halogens is 4. The number of aromatic nitrogens is 4. The van der Waals surface area contributed by atoms with Gasteiger partial charge < -0.3 is 9.47 Å². The smallest absolute Gasteiger partial charge is 0.441 e. The summed E-state index contributed by atoms with van der Waals surface area (Å²) in [7, 11) is 0. The second-order valence-electron chi connectivity index (χ2n) is 7.22. The molecule has 2 aromatic heterocycles. The van der Waals surface area contributed by atoms with Gasteiger partial charge in [-0.1, -0.05) is 17.7 Å². The van der Waals surface area contributed by atoms with Gasteiger partial charge in [-0.15, -0.1) is 18.3 Å². The molecule has 4 rings (SSSR count). The lowest BCUT2D eigenvalue weighted by Crippen LogP contribution is -2.17. The van der Waals surface area contributed by atoms with E-state index in [2.05, 4.69) is 25.1 Å². The van der Waals surface area contributed by atoms with Crippen molar-refractivity contribution >= 4 is 23.4 Å². The summed E-state index contributed by atoms with van der Waals surface area (Å²) in [6, 6.07) is 15.3. The number of ether oxygens (including phenoxy) is 2. The first-order chi connectivity index (χ1) is 16.7. The first-order valence-electron chi connectivity index (χ1n) is 10.1. The van der Waals surface area contributed by atoms with Crippen LogP contribution < -0.4 is 10.1 Å². The van der Waals surface area contributed by atoms with Gasteiger partial charge >= 0.3 is 12.5 Å². The number of hydrogen-bond acceptors (Lipinski definition) is 6. The predicted octanol–water partition coefficient (Wildman–Crippen LogP) is 6.19. The Morgan fingerprint density at radius 1 is 1.03 bits per heavy atom. The number of carbonyl (C=O) groups excluding carboxylic acids is 1. The lowest BCUT2D eigenvalue weighted by Gasteiger charge is -2.14. The van der Waals surface area contributed by atoms with E-state index in [1.807, 2.05) is 0 Å². The fourth-order valence-electron chi connectivity index (χ4n) is 3.03. The Kier molecular flexibility index (Phi) is 6.87. The third-order valence-electron chi connectivity index (χ3n) is 4.72. The third-order valence-corrected chi connectivity index (χ3v) is 4.94. The molecule has 0 saturated carbocycles. The van der Waals surface area contributed by atoms with Crippen molar-refractivity contribution in [3.63, 3.8) is 0 Å². The molecule has 12 heteroatoms. The molecule has 2 aromatic carbocycles. The van der Waals surface area contributed by atoms with Crippen molar-refractivity contribution < 1.29 is 27.4 Å². The van der Waals surface area contributed by atoms with Crippen molar-refractivity contribution in [2.75, 3.05) is 5.32 Å². The van der Waals surface area contributed by atoms with E-state index in [-0.39, 0.29) is 5.75 Å². The number of anilines is 1. The summed E-state index contributed by atoms with van der Waals surface area (Å²) in [5.74, 6) is 0.0565.